The Morgan fingerprint density at radius 3 is 2.89 bits per heavy atom. The largest absolute Gasteiger partial charge is 0.491 e. The zero-order chi connectivity index (χ0) is 13.3. The number of hydrogen-bond donors (Lipinski definition) is 1. The Bertz CT molecular complexity index is 419. The molecule has 0 atom stereocenters. The summed E-state index contributed by atoms with van der Waals surface area (Å²) in [5.41, 5.74) is 1.06. The molecule has 1 aromatic carbocycles. The number of anilines is 1. The molecular formula is C16H21NO2. The molecule has 1 saturated heterocycles. The van der Waals surface area contributed by atoms with Crippen LogP contribution in [-0.2, 0) is 4.74 Å². The Labute approximate surface area is 115 Å². The molecule has 0 aromatic heterocycles. The normalized spacial score (nSPS) is 15.7. The van der Waals surface area contributed by atoms with Crippen LogP contribution in [0.25, 0.3) is 0 Å². The first-order valence-electron chi connectivity index (χ1n) is 6.89. The summed E-state index contributed by atoms with van der Waals surface area (Å²) in [5, 5.41) is 3.55. The smallest absolute Gasteiger partial charge is 0.142 e. The maximum atomic E-state index is 5.79. The number of para-hydroxylation sites is 2. The van der Waals surface area contributed by atoms with Gasteiger partial charge in [0, 0.05) is 25.7 Å². The number of nitrogens with one attached hydrogen (secondary N) is 1. The molecule has 3 heteroatoms. The van der Waals surface area contributed by atoms with Crippen LogP contribution < -0.4 is 10.1 Å². The predicted octanol–water partition coefficient (Wildman–Crippen LogP) is 3.07. The number of terminal acetylenes is 1. The number of benzene rings is 1. The van der Waals surface area contributed by atoms with Gasteiger partial charge in [-0.2, -0.15) is 0 Å². The van der Waals surface area contributed by atoms with Crippen LogP contribution in [0.2, 0.25) is 0 Å². The fourth-order valence-electron chi connectivity index (χ4n) is 2.13. The summed E-state index contributed by atoms with van der Waals surface area (Å²) in [5.74, 6) is 3.53. The number of hydrogen-bond acceptors (Lipinski definition) is 3. The standard InChI is InChI=1S/C16H21NO2/c1-2-3-6-11-19-16-8-5-4-7-15(16)17-14-9-12-18-13-10-14/h1,4-5,7-8,14,17H,3,6,9-13H2. The molecule has 0 saturated carbocycles. The third kappa shape index (κ3) is 4.50. The highest BCUT2D eigenvalue weighted by Crippen LogP contribution is 2.26. The van der Waals surface area contributed by atoms with Crippen LogP contribution in [0, 0.1) is 12.3 Å². The molecule has 0 radical (unpaired) electrons. The first kappa shape index (κ1) is 13.8. The van der Waals surface area contributed by atoms with Crippen molar-refractivity contribution in [2.75, 3.05) is 25.1 Å². The minimum atomic E-state index is 0.476. The van der Waals surface area contributed by atoms with Gasteiger partial charge in [0.05, 0.1) is 12.3 Å². The van der Waals surface area contributed by atoms with Crippen LogP contribution in [0.3, 0.4) is 0 Å². The Hall–Kier alpha value is -1.66. The highest BCUT2D eigenvalue weighted by molar-refractivity contribution is 5.56. The predicted molar refractivity (Wildman–Crippen MR) is 77.5 cm³/mol. The van der Waals surface area contributed by atoms with Crippen molar-refractivity contribution in [1.29, 1.82) is 0 Å². The molecule has 3 nitrogen and oxygen atoms in total. The van der Waals surface area contributed by atoms with E-state index < -0.39 is 0 Å². The van der Waals surface area contributed by atoms with E-state index in [1.807, 2.05) is 18.2 Å². The third-order valence-electron chi connectivity index (χ3n) is 3.19. The molecule has 1 fully saturated rings. The van der Waals surface area contributed by atoms with Crippen LogP contribution in [0.5, 0.6) is 5.75 Å². The quantitative estimate of drug-likeness (QED) is 0.629. The fourth-order valence-corrected chi connectivity index (χ4v) is 2.13. The Balaban J connectivity index is 1.89. The Morgan fingerprint density at radius 2 is 2.11 bits per heavy atom. The lowest BCUT2D eigenvalue weighted by Gasteiger charge is -2.25. The second kappa shape index (κ2) is 7.70. The van der Waals surface area contributed by atoms with Crippen molar-refractivity contribution in [3.63, 3.8) is 0 Å². The second-order valence-corrected chi connectivity index (χ2v) is 4.68. The molecular weight excluding hydrogens is 238 g/mol. The summed E-state index contributed by atoms with van der Waals surface area (Å²) in [4.78, 5) is 0. The van der Waals surface area contributed by atoms with Gasteiger partial charge in [0.25, 0.3) is 0 Å². The molecule has 1 aromatic rings. The summed E-state index contributed by atoms with van der Waals surface area (Å²) in [7, 11) is 0. The van der Waals surface area contributed by atoms with Gasteiger partial charge < -0.3 is 14.8 Å². The number of unbranched alkanes of at least 4 members (excludes halogenated alkanes) is 1. The highest BCUT2D eigenvalue weighted by Gasteiger charge is 2.14. The van der Waals surface area contributed by atoms with Crippen molar-refractivity contribution in [3.05, 3.63) is 24.3 Å². The Morgan fingerprint density at radius 1 is 1.32 bits per heavy atom. The molecule has 0 spiro atoms. The SMILES string of the molecule is C#CCCCOc1ccccc1NC1CCOCC1. The van der Waals surface area contributed by atoms with E-state index in [1.54, 1.807) is 0 Å². The average molecular weight is 259 g/mol. The van der Waals surface area contributed by atoms with Crippen LogP contribution >= 0.6 is 0 Å². The summed E-state index contributed by atoms with van der Waals surface area (Å²) < 4.78 is 11.2. The summed E-state index contributed by atoms with van der Waals surface area (Å²) in [6.45, 7) is 2.34. The lowest BCUT2D eigenvalue weighted by atomic mass is 10.1. The molecule has 0 amide bonds. The van der Waals surface area contributed by atoms with E-state index in [0.29, 0.717) is 12.6 Å². The fraction of sp³-hybridized carbons (Fsp3) is 0.500. The molecule has 1 N–H and O–H groups in total. The third-order valence-corrected chi connectivity index (χ3v) is 3.19. The van der Waals surface area contributed by atoms with Gasteiger partial charge in [-0.25, -0.2) is 0 Å². The second-order valence-electron chi connectivity index (χ2n) is 4.68. The van der Waals surface area contributed by atoms with Gasteiger partial charge in [0.15, 0.2) is 0 Å². The first-order chi connectivity index (χ1) is 9.40. The topological polar surface area (TPSA) is 30.5 Å². The maximum absolute atomic E-state index is 5.79. The van der Waals surface area contributed by atoms with E-state index in [-0.39, 0.29) is 0 Å². The van der Waals surface area contributed by atoms with Crippen LogP contribution in [0.4, 0.5) is 5.69 Å². The van der Waals surface area contributed by atoms with Crippen molar-refractivity contribution < 1.29 is 9.47 Å². The Kier molecular flexibility index (Phi) is 5.58. The number of ether oxygens (including phenoxy) is 2. The average Bonchev–Trinajstić information content (AvgIpc) is 2.46. The molecule has 1 heterocycles. The van der Waals surface area contributed by atoms with Gasteiger partial charge in [-0.1, -0.05) is 12.1 Å². The van der Waals surface area contributed by atoms with Crippen LogP contribution in [-0.4, -0.2) is 25.9 Å². The number of rotatable bonds is 6. The van der Waals surface area contributed by atoms with Gasteiger partial charge in [0.1, 0.15) is 5.75 Å². The molecule has 19 heavy (non-hydrogen) atoms. The molecule has 102 valence electrons. The highest BCUT2D eigenvalue weighted by atomic mass is 16.5. The van der Waals surface area contributed by atoms with E-state index in [2.05, 4.69) is 17.3 Å². The van der Waals surface area contributed by atoms with E-state index in [0.717, 1.165) is 50.3 Å². The maximum Gasteiger partial charge on any atom is 0.142 e. The van der Waals surface area contributed by atoms with Gasteiger partial charge in [-0.3, -0.25) is 0 Å². The van der Waals surface area contributed by atoms with Crippen molar-refractivity contribution in [3.8, 4) is 18.1 Å². The van der Waals surface area contributed by atoms with Gasteiger partial charge in [-0.05, 0) is 31.4 Å². The van der Waals surface area contributed by atoms with Crippen molar-refractivity contribution in [2.24, 2.45) is 0 Å². The minimum Gasteiger partial charge on any atom is -0.491 e. The molecule has 0 aliphatic carbocycles. The summed E-state index contributed by atoms with van der Waals surface area (Å²) in [6, 6.07) is 8.55. The van der Waals surface area contributed by atoms with Crippen LogP contribution in [0.1, 0.15) is 25.7 Å². The summed E-state index contributed by atoms with van der Waals surface area (Å²) in [6.07, 6.45) is 8.98. The lowest BCUT2D eigenvalue weighted by Crippen LogP contribution is -2.28. The zero-order valence-corrected chi connectivity index (χ0v) is 11.2. The van der Waals surface area contributed by atoms with Gasteiger partial charge >= 0.3 is 0 Å². The molecule has 1 aliphatic heterocycles. The van der Waals surface area contributed by atoms with Gasteiger partial charge in [0.2, 0.25) is 0 Å². The van der Waals surface area contributed by atoms with Crippen LogP contribution in [0.15, 0.2) is 24.3 Å². The molecule has 1 aliphatic rings. The minimum absolute atomic E-state index is 0.476. The van der Waals surface area contributed by atoms with Gasteiger partial charge in [-0.15, -0.1) is 12.3 Å². The van der Waals surface area contributed by atoms with Crippen molar-refractivity contribution >= 4 is 5.69 Å². The van der Waals surface area contributed by atoms with E-state index in [9.17, 15) is 0 Å². The monoisotopic (exact) mass is 259 g/mol. The molecule has 0 unspecified atom stereocenters. The van der Waals surface area contributed by atoms with E-state index >= 15 is 0 Å². The van der Waals surface area contributed by atoms with Crippen molar-refractivity contribution in [1.82, 2.24) is 0 Å². The van der Waals surface area contributed by atoms with Crippen molar-refractivity contribution in [2.45, 2.75) is 31.7 Å². The summed E-state index contributed by atoms with van der Waals surface area (Å²) >= 11 is 0. The lowest BCUT2D eigenvalue weighted by molar-refractivity contribution is 0.0904. The van der Waals surface area contributed by atoms with E-state index in [4.69, 9.17) is 15.9 Å². The molecule has 0 bridgehead atoms. The first-order valence-corrected chi connectivity index (χ1v) is 6.89. The zero-order valence-electron chi connectivity index (χ0n) is 11.2. The molecule has 2 rings (SSSR count). The van der Waals surface area contributed by atoms with E-state index in [1.165, 1.54) is 0 Å².